The van der Waals surface area contributed by atoms with Crippen molar-refractivity contribution in [3.05, 3.63) is 53.3 Å². The number of fused-ring (bicyclic) bond motifs is 1. The number of amides is 1. The summed E-state index contributed by atoms with van der Waals surface area (Å²) in [5, 5.41) is 7.90. The van der Waals surface area contributed by atoms with Crippen molar-refractivity contribution in [2.45, 2.75) is 13.8 Å². The van der Waals surface area contributed by atoms with E-state index in [0.717, 1.165) is 27.6 Å². The van der Waals surface area contributed by atoms with Gasteiger partial charge in [-0.05, 0) is 49.2 Å². The van der Waals surface area contributed by atoms with Gasteiger partial charge < -0.3 is 16.2 Å². The third-order valence-electron chi connectivity index (χ3n) is 4.79. The van der Waals surface area contributed by atoms with Crippen LogP contribution in [0.1, 0.15) is 21.6 Å². The molecule has 2 aromatic heterocycles. The molecule has 0 saturated heterocycles. The van der Waals surface area contributed by atoms with Crippen LogP contribution in [0.4, 0.5) is 5.69 Å². The van der Waals surface area contributed by atoms with Crippen LogP contribution in [0.25, 0.3) is 33.5 Å². The molecule has 5 N–H and O–H groups in total. The fourth-order valence-electron chi connectivity index (χ4n) is 3.41. The van der Waals surface area contributed by atoms with Crippen LogP contribution in [0.15, 0.2) is 36.5 Å². The lowest BCUT2D eigenvalue weighted by Crippen LogP contribution is -2.18. The van der Waals surface area contributed by atoms with E-state index >= 15 is 0 Å². The summed E-state index contributed by atoms with van der Waals surface area (Å²) in [6.45, 7) is 3.89. The van der Waals surface area contributed by atoms with Gasteiger partial charge in [0.15, 0.2) is 11.5 Å². The quantitative estimate of drug-likeness (QED) is 0.492. The van der Waals surface area contributed by atoms with Crippen molar-refractivity contribution in [2.75, 3.05) is 12.8 Å². The number of aryl methyl sites for hydroxylation is 2. The number of hydrogen-bond acceptors (Lipinski definition) is 6. The number of methoxy groups -OCH3 is 1. The number of nitrogens with zero attached hydrogens (tertiary/aromatic N) is 3. The second-order valence-electron chi connectivity index (χ2n) is 6.85. The predicted molar refractivity (Wildman–Crippen MR) is 112 cm³/mol. The minimum atomic E-state index is -0.718. The van der Waals surface area contributed by atoms with E-state index in [0.29, 0.717) is 22.8 Å². The summed E-state index contributed by atoms with van der Waals surface area (Å²) in [4.78, 5) is 21.2. The molecule has 0 aliphatic carbocycles. The first-order valence-corrected chi connectivity index (χ1v) is 8.95. The van der Waals surface area contributed by atoms with Crippen molar-refractivity contribution in [2.24, 2.45) is 5.73 Å². The number of H-pyrrole nitrogens is 1. The van der Waals surface area contributed by atoms with Crippen LogP contribution in [0, 0.1) is 13.8 Å². The van der Waals surface area contributed by atoms with Gasteiger partial charge in [0.1, 0.15) is 5.75 Å². The average molecular weight is 388 g/mol. The van der Waals surface area contributed by atoms with Gasteiger partial charge in [0, 0.05) is 16.5 Å². The van der Waals surface area contributed by atoms with Gasteiger partial charge in [-0.2, -0.15) is 5.10 Å². The summed E-state index contributed by atoms with van der Waals surface area (Å²) in [5.41, 5.74) is 16.6. The molecular weight excluding hydrogens is 368 g/mol. The lowest BCUT2D eigenvalue weighted by molar-refractivity contribution is 0.0996. The molecule has 0 saturated carbocycles. The molecule has 0 fully saturated rings. The molecule has 0 radical (unpaired) electrons. The lowest BCUT2D eigenvalue weighted by Gasteiger charge is -2.14. The van der Waals surface area contributed by atoms with Crippen LogP contribution in [0.3, 0.4) is 0 Å². The van der Waals surface area contributed by atoms with Crippen molar-refractivity contribution in [3.63, 3.8) is 0 Å². The Morgan fingerprint density at radius 1 is 1.14 bits per heavy atom. The molecule has 2 aromatic carbocycles. The lowest BCUT2D eigenvalue weighted by atomic mass is 9.99. The largest absolute Gasteiger partial charge is 0.497 e. The molecule has 0 unspecified atom stereocenters. The Labute approximate surface area is 166 Å². The number of aromatic nitrogens is 4. The van der Waals surface area contributed by atoms with Gasteiger partial charge in [-0.15, -0.1) is 0 Å². The molecule has 0 bridgehead atoms. The third-order valence-corrected chi connectivity index (χ3v) is 4.79. The number of carbonyl (C=O) groups is 1. The predicted octanol–water partition coefficient (Wildman–Crippen LogP) is 2.99. The van der Waals surface area contributed by atoms with Gasteiger partial charge in [-0.1, -0.05) is 6.07 Å². The second kappa shape index (κ2) is 6.90. The van der Waals surface area contributed by atoms with Gasteiger partial charge in [0.2, 0.25) is 0 Å². The molecule has 0 spiro atoms. The highest BCUT2D eigenvalue weighted by molar-refractivity contribution is 6.04. The normalized spacial score (nSPS) is 11.0. The number of nitrogens with one attached hydrogen (secondary N) is 1. The van der Waals surface area contributed by atoms with Crippen molar-refractivity contribution in [1.29, 1.82) is 0 Å². The van der Waals surface area contributed by atoms with E-state index in [1.807, 2.05) is 38.1 Å². The van der Waals surface area contributed by atoms with Gasteiger partial charge in [-0.3, -0.25) is 9.89 Å². The van der Waals surface area contributed by atoms with Crippen LogP contribution in [-0.4, -0.2) is 33.2 Å². The van der Waals surface area contributed by atoms with Crippen molar-refractivity contribution < 1.29 is 9.53 Å². The summed E-state index contributed by atoms with van der Waals surface area (Å²) in [5.74, 6) is 0.282. The van der Waals surface area contributed by atoms with E-state index in [1.54, 1.807) is 19.4 Å². The van der Waals surface area contributed by atoms with E-state index in [9.17, 15) is 4.79 Å². The van der Waals surface area contributed by atoms with Gasteiger partial charge in [0.05, 0.1) is 30.2 Å². The van der Waals surface area contributed by atoms with E-state index in [1.165, 1.54) is 0 Å². The van der Waals surface area contributed by atoms with E-state index < -0.39 is 5.91 Å². The summed E-state index contributed by atoms with van der Waals surface area (Å²) in [6, 6.07) is 9.48. The first-order chi connectivity index (χ1) is 13.9. The summed E-state index contributed by atoms with van der Waals surface area (Å²) in [6.07, 6.45) is 1.71. The van der Waals surface area contributed by atoms with Crippen LogP contribution in [0.2, 0.25) is 0 Å². The first kappa shape index (κ1) is 18.4. The number of carbonyl (C=O) groups excluding carboxylic acids is 1. The van der Waals surface area contributed by atoms with E-state index in [2.05, 4.69) is 15.2 Å². The zero-order valence-corrected chi connectivity index (χ0v) is 16.3. The highest BCUT2D eigenvalue weighted by Gasteiger charge is 2.21. The van der Waals surface area contributed by atoms with Crippen molar-refractivity contribution in [3.8, 4) is 28.4 Å². The number of primary amides is 1. The Balaban J connectivity index is 2.05. The number of benzene rings is 2. The first-order valence-electron chi connectivity index (χ1n) is 8.95. The number of rotatable bonds is 4. The topological polar surface area (TPSA) is 133 Å². The SMILES string of the molecule is COc1cc(C)cc(-c2nc(C(N)=O)c(N)c(-c3c(C)ccc4[nH]ncc34)n2)c1. The molecule has 0 aliphatic rings. The van der Waals surface area contributed by atoms with Crippen molar-refractivity contribution in [1.82, 2.24) is 20.2 Å². The summed E-state index contributed by atoms with van der Waals surface area (Å²) < 4.78 is 5.36. The molecule has 8 heteroatoms. The highest BCUT2D eigenvalue weighted by Crippen LogP contribution is 2.36. The fraction of sp³-hybridized carbons (Fsp3) is 0.143. The second-order valence-corrected chi connectivity index (χ2v) is 6.85. The minimum Gasteiger partial charge on any atom is -0.497 e. The highest BCUT2D eigenvalue weighted by atomic mass is 16.5. The van der Waals surface area contributed by atoms with E-state index in [4.69, 9.17) is 21.2 Å². The number of aromatic amines is 1. The molecule has 29 heavy (non-hydrogen) atoms. The Morgan fingerprint density at radius 3 is 2.66 bits per heavy atom. The summed E-state index contributed by atoms with van der Waals surface area (Å²) in [7, 11) is 1.59. The molecule has 4 aromatic rings. The number of nitrogen functional groups attached to an aromatic ring is 1. The summed E-state index contributed by atoms with van der Waals surface area (Å²) >= 11 is 0. The molecule has 2 heterocycles. The monoisotopic (exact) mass is 388 g/mol. The Bertz CT molecular complexity index is 1260. The number of ether oxygens (including phenoxy) is 1. The molecule has 4 rings (SSSR count). The average Bonchev–Trinajstić information content (AvgIpc) is 3.16. The zero-order chi connectivity index (χ0) is 20.7. The Hall–Kier alpha value is -3.94. The maximum Gasteiger partial charge on any atom is 0.269 e. The van der Waals surface area contributed by atoms with Gasteiger partial charge in [-0.25, -0.2) is 9.97 Å². The van der Waals surface area contributed by atoms with Gasteiger partial charge in [0.25, 0.3) is 5.91 Å². The van der Waals surface area contributed by atoms with Gasteiger partial charge >= 0.3 is 0 Å². The number of hydrogen-bond donors (Lipinski definition) is 3. The minimum absolute atomic E-state index is 0.0228. The van der Waals surface area contributed by atoms with E-state index in [-0.39, 0.29) is 11.4 Å². The Kier molecular flexibility index (Phi) is 4.38. The number of anilines is 1. The standard InChI is InChI=1S/C21H20N6O2/c1-10-6-12(8-13(7-10)29-3)21-25-18(17(22)19(26-21)20(23)28)16-11(2)4-5-15-14(16)9-24-27-15/h4-9H,22H2,1-3H3,(H2,23,28)(H,24,27). The maximum absolute atomic E-state index is 12.1. The molecule has 0 aliphatic heterocycles. The van der Waals surface area contributed by atoms with Crippen LogP contribution in [-0.2, 0) is 0 Å². The van der Waals surface area contributed by atoms with Crippen LogP contribution < -0.4 is 16.2 Å². The van der Waals surface area contributed by atoms with Crippen molar-refractivity contribution >= 4 is 22.5 Å². The maximum atomic E-state index is 12.1. The molecule has 146 valence electrons. The zero-order valence-electron chi connectivity index (χ0n) is 16.3. The molecule has 8 nitrogen and oxygen atoms in total. The molecular formula is C21H20N6O2. The fourth-order valence-corrected chi connectivity index (χ4v) is 3.41. The Morgan fingerprint density at radius 2 is 1.93 bits per heavy atom. The van der Waals surface area contributed by atoms with Crippen LogP contribution in [0.5, 0.6) is 5.75 Å². The number of nitrogens with two attached hydrogens (primary N) is 2. The smallest absolute Gasteiger partial charge is 0.269 e. The third kappa shape index (κ3) is 3.14. The molecule has 1 amide bonds. The van der Waals surface area contributed by atoms with Crippen LogP contribution >= 0.6 is 0 Å². The molecule has 0 atom stereocenters.